The van der Waals surface area contributed by atoms with Gasteiger partial charge in [0.05, 0.1) is 18.5 Å². The van der Waals surface area contributed by atoms with E-state index in [4.69, 9.17) is 10.5 Å². The van der Waals surface area contributed by atoms with E-state index in [1.807, 2.05) is 18.2 Å². The minimum absolute atomic E-state index is 0.0651. The van der Waals surface area contributed by atoms with Crippen molar-refractivity contribution in [2.75, 3.05) is 12.8 Å². The Labute approximate surface area is 119 Å². The number of pyridine rings is 1. The number of nitrogens with two attached hydrogens (primary N) is 1. The highest BCUT2D eigenvalue weighted by atomic mass is 16.5. The van der Waals surface area contributed by atoms with Gasteiger partial charge in [0.2, 0.25) is 5.95 Å². The van der Waals surface area contributed by atoms with Crippen LogP contribution in [0.1, 0.15) is 17.0 Å². The number of hydrogen-bond acceptors (Lipinski definition) is 6. The average molecular weight is 286 g/mol. The number of nitrogens with one attached hydrogen (secondary N) is 1. The number of aromatic amines is 1. The van der Waals surface area contributed by atoms with Gasteiger partial charge in [-0.25, -0.2) is 4.79 Å². The number of fused-ring (bicyclic) bond motifs is 1. The van der Waals surface area contributed by atoms with Gasteiger partial charge in [-0.15, -0.1) is 0 Å². The molecule has 8 heteroatoms. The summed E-state index contributed by atoms with van der Waals surface area (Å²) in [5.41, 5.74) is 8.08. The summed E-state index contributed by atoms with van der Waals surface area (Å²) < 4.78 is 6.25. The Hall–Kier alpha value is -2.74. The van der Waals surface area contributed by atoms with Crippen LogP contribution < -0.4 is 11.4 Å². The van der Waals surface area contributed by atoms with Gasteiger partial charge in [-0.05, 0) is 12.1 Å². The fourth-order valence-corrected chi connectivity index (χ4v) is 2.12. The molecule has 3 rings (SSSR count). The third-order valence-electron chi connectivity index (χ3n) is 3.00. The predicted octanol–water partition coefficient (Wildman–Crippen LogP) is 0.132. The first kappa shape index (κ1) is 13.3. The molecule has 21 heavy (non-hydrogen) atoms. The average Bonchev–Trinajstić information content (AvgIpc) is 2.83. The van der Waals surface area contributed by atoms with E-state index in [-0.39, 0.29) is 5.95 Å². The van der Waals surface area contributed by atoms with Crippen molar-refractivity contribution in [3.63, 3.8) is 0 Å². The number of nitrogens with zero attached hydrogens (tertiary/aromatic N) is 4. The third kappa shape index (κ3) is 2.61. The minimum atomic E-state index is -0.412. The van der Waals surface area contributed by atoms with Gasteiger partial charge >= 0.3 is 5.69 Å². The first-order valence-corrected chi connectivity index (χ1v) is 6.33. The Morgan fingerprint density at radius 3 is 2.95 bits per heavy atom. The lowest BCUT2D eigenvalue weighted by Gasteiger charge is -2.03. The molecule has 0 aromatic carbocycles. The fourth-order valence-electron chi connectivity index (χ4n) is 2.12. The number of nitrogen functional groups attached to an aromatic ring is 1. The Morgan fingerprint density at radius 1 is 1.33 bits per heavy atom. The van der Waals surface area contributed by atoms with Gasteiger partial charge in [0, 0.05) is 24.8 Å². The maximum Gasteiger partial charge on any atom is 0.350 e. The van der Waals surface area contributed by atoms with Crippen molar-refractivity contribution in [1.29, 1.82) is 0 Å². The number of ether oxygens (including phenoxy) is 1. The molecule has 3 aromatic heterocycles. The van der Waals surface area contributed by atoms with Crippen LogP contribution in [0.5, 0.6) is 0 Å². The molecule has 0 atom stereocenters. The van der Waals surface area contributed by atoms with Crippen molar-refractivity contribution in [3.8, 4) is 0 Å². The lowest BCUT2D eigenvalue weighted by Crippen LogP contribution is -2.20. The standard InChI is InChI=1S/C13H14N6O2/c1-21-7-10-4-2-3-9(16-10)5-8-6-15-19-11(8)17-12(14)18-13(19)20/h2-4,6H,5,7H2,1H3,(H3,14,17,18,20). The summed E-state index contributed by atoms with van der Waals surface area (Å²) in [6.45, 7) is 0.452. The smallest absolute Gasteiger partial charge is 0.350 e. The van der Waals surface area contributed by atoms with E-state index < -0.39 is 5.69 Å². The second-order valence-corrected chi connectivity index (χ2v) is 4.56. The zero-order valence-corrected chi connectivity index (χ0v) is 11.4. The highest BCUT2D eigenvalue weighted by Crippen LogP contribution is 2.12. The van der Waals surface area contributed by atoms with Crippen LogP contribution in [0.15, 0.2) is 29.2 Å². The van der Waals surface area contributed by atoms with E-state index in [1.54, 1.807) is 13.3 Å². The van der Waals surface area contributed by atoms with Crippen LogP contribution in [0.4, 0.5) is 5.95 Å². The normalized spacial score (nSPS) is 11.1. The van der Waals surface area contributed by atoms with Crippen LogP contribution in [0.25, 0.3) is 5.65 Å². The van der Waals surface area contributed by atoms with Gasteiger partial charge in [-0.3, -0.25) is 9.97 Å². The number of H-pyrrole nitrogens is 1. The molecule has 0 aliphatic heterocycles. The summed E-state index contributed by atoms with van der Waals surface area (Å²) in [5, 5.41) is 4.02. The Kier molecular flexibility index (Phi) is 3.36. The predicted molar refractivity (Wildman–Crippen MR) is 75.8 cm³/mol. The molecule has 0 saturated carbocycles. The van der Waals surface area contributed by atoms with Gasteiger partial charge in [-0.2, -0.15) is 14.6 Å². The molecular formula is C13H14N6O2. The maximum atomic E-state index is 11.7. The van der Waals surface area contributed by atoms with E-state index in [0.717, 1.165) is 17.0 Å². The lowest BCUT2D eigenvalue weighted by molar-refractivity contribution is 0.181. The molecule has 0 fully saturated rings. The minimum Gasteiger partial charge on any atom is -0.378 e. The molecular weight excluding hydrogens is 272 g/mol. The number of hydrogen-bond donors (Lipinski definition) is 2. The summed E-state index contributed by atoms with van der Waals surface area (Å²) in [6.07, 6.45) is 2.11. The van der Waals surface area contributed by atoms with Crippen molar-refractivity contribution in [3.05, 3.63) is 51.8 Å². The van der Waals surface area contributed by atoms with Crippen LogP contribution in [0, 0.1) is 0 Å². The van der Waals surface area contributed by atoms with Crippen molar-refractivity contribution < 1.29 is 4.74 Å². The highest BCUT2D eigenvalue weighted by molar-refractivity contribution is 5.49. The van der Waals surface area contributed by atoms with Crippen LogP contribution >= 0.6 is 0 Å². The summed E-state index contributed by atoms with van der Waals surface area (Å²) >= 11 is 0. The summed E-state index contributed by atoms with van der Waals surface area (Å²) in [4.78, 5) is 22.7. The molecule has 3 N–H and O–H groups in total. The van der Waals surface area contributed by atoms with E-state index in [2.05, 4.69) is 20.1 Å². The SMILES string of the molecule is COCc1cccc(Cc2cnn3c(=O)[nH]c(N)nc23)n1. The molecule has 3 heterocycles. The lowest BCUT2D eigenvalue weighted by atomic mass is 10.1. The van der Waals surface area contributed by atoms with Crippen LogP contribution in [-0.4, -0.2) is 31.7 Å². The molecule has 0 amide bonds. The van der Waals surface area contributed by atoms with E-state index in [0.29, 0.717) is 18.7 Å². The molecule has 0 unspecified atom stereocenters. The first-order chi connectivity index (χ1) is 10.2. The van der Waals surface area contributed by atoms with E-state index >= 15 is 0 Å². The molecule has 0 radical (unpaired) electrons. The molecule has 0 aliphatic rings. The zero-order valence-electron chi connectivity index (χ0n) is 11.4. The zero-order chi connectivity index (χ0) is 14.8. The Balaban J connectivity index is 1.98. The largest absolute Gasteiger partial charge is 0.378 e. The van der Waals surface area contributed by atoms with E-state index in [9.17, 15) is 4.79 Å². The molecule has 8 nitrogen and oxygen atoms in total. The molecule has 3 aromatic rings. The molecule has 0 aliphatic carbocycles. The van der Waals surface area contributed by atoms with Crippen LogP contribution in [-0.2, 0) is 17.8 Å². The quantitative estimate of drug-likeness (QED) is 0.705. The Bertz CT molecular complexity index is 838. The summed E-state index contributed by atoms with van der Waals surface area (Å²) in [7, 11) is 1.62. The van der Waals surface area contributed by atoms with Crippen molar-refractivity contribution in [1.82, 2.24) is 24.6 Å². The van der Waals surface area contributed by atoms with Gasteiger partial charge in [0.1, 0.15) is 0 Å². The number of aromatic nitrogens is 5. The van der Waals surface area contributed by atoms with Crippen molar-refractivity contribution >= 4 is 11.6 Å². The fraction of sp³-hybridized carbons (Fsp3) is 0.231. The highest BCUT2D eigenvalue weighted by Gasteiger charge is 2.10. The molecule has 0 spiro atoms. The van der Waals surface area contributed by atoms with Crippen molar-refractivity contribution in [2.45, 2.75) is 13.0 Å². The van der Waals surface area contributed by atoms with Crippen LogP contribution in [0.3, 0.4) is 0 Å². The Morgan fingerprint density at radius 2 is 2.14 bits per heavy atom. The van der Waals surface area contributed by atoms with Gasteiger partial charge in [0.15, 0.2) is 5.65 Å². The number of rotatable bonds is 4. The number of anilines is 1. The second kappa shape index (κ2) is 5.33. The van der Waals surface area contributed by atoms with E-state index in [1.165, 1.54) is 4.52 Å². The monoisotopic (exact) mass is 286 g/mol. The first-order valence-electron chi connectivity index (χ1n) is 6.33. The molecule has 0 saturated heterocycles. The van der Waals surface area contributed by atoms with Crippen LogP contribution in [0.2, 0.25) is 0 Å². The topological polar surface area (TPSA) is 111 Å². The van der Waals surface area contributed by atoms with Gasteiger partial charge in [0.25, 0.3) is 0 Å². The van der Waals surface area contributed by atoms with Gasteiger partial charge in [-0.1, -0.05) is 6.07 Å². The molecule has 108 valence electrons. The van der Waals surface area contributed by atoms with Crippen molar-refractivity contribution in [2.24, 2.45) is 0 Å². The number of methoxy groups -OCH3 is 1. The second-order valence-electron chi connectivity index (χ2n) is 4.56. The summed E-state index contributed by atoms with van der Waals surface area (Å²) in [5.74, 6) is 0.0651. The maximum absolute atomic E-state index is 11.7. The molecule has 0 bridgehead atoms. The van der Waals surface area contributed by atoms with Gasteiger partial charge < -0.3 is 10.5 Å². The summed E-state index contributed by atoms with van der Waals surface area (Å²) in [6, 6.07) is 5.71. The third-order valence-corrected chi connectivity index (χ3v) is 3.00.